The molecule has 1 rings (SSSR count). The standard InChI is InChI=1S/C72H143NO6/c1-6-10-14-18-22-26-30-34-38-42-46-50-54-58-62-67(75)68-70(76,63-59-55-51-47-43-39-35-31-27-23-19-15-11-7-2)71(77,64-60-56-52-48-44-40-36-32-28-24-20-16-12-8-3)69(73-66(5)74)72(78,79-68)65-61-57-53-49-45-41-37-33-29-25-21-17-13-9-4/h67-69,75-78H,6-65H2,1-5H3,(H,73,74)/t67?,68-,69-,70-,71-,72-/m1/s1. The molecule has 7 heteroatoms. The summed E-state index contributed by atoms with van der Waals surface area (Å²) in [6.45, 7) is 10.6. The van der Waals surface area contributed by atoms with Crippen LogP contribution in [0.5, 0.6) is 0 Å². The van der Waals surface area contributed by atoms with Crippen molar-refractivity contribution in [1.82, 2.24) is 5.32 Å². The molecule has 7 nitrogen and oxygen atoms in total. The van der Waals surface area contributed by atoms with Gasteiger partial charge in [-0.1, -0.05) is 381 Å². The van der Waals surface area contributed by atoms with Crippen molar-refractivity contribution >= 4 is 5.91 Å². The zero-order valence-electron chi connectivity index (χ0n) is 54.3. The number of hydrogen-bond acceptors (Lipinski definition) is 6. The molecule has 0 aromatic carbocycles. The van der Waals surface area contributed by atoms with Gasteiger partial charge in [-0.3, -0.25) is 4.79 Å². The quantitative estimate of drug-likeness (QED) is 0.0387. The summed E-state index contributed by atoms with van der Waals surface area (Å²) in [6, 6.07) is -1.22. The average molecular weight is 1120 g/mol. The summed E-state index contributed by atoms with van der Waals surface area (Å²) < 4.78 is 6.82. The molecular weight excluding hydrogens is 975 g/mol. The lowest BCUT2D eigenvalue weighted by atomic mass is 9.62. The number of carbonyl (C=O) groups excluding carboxylic acids is 1. The predicted octanol–water partition coefficient (Wildman–Crippen LogP) is 21.9. The molecule has 79 heavy (non-hydrogen) atoms. The van der Waals surface area contributed by atoms with Crippen LogP contribution in [0.15, 0.2) is 0 Å². The summed E-state index contributed by atoms with van der Waals surface area (Å²) in [4.78, 5) is 13.3. The summed E-state index contributed by atoms with van der Waals surface area (Å²) in [5, 5.41) is 55.3. The van der Waals surface area contributed by atoms with Crippen molar-refractivity contribution in [3.63, 3.8) is 0 Å². The molecular formula is C72H143NO6. The van der Waals surface area contributed by atoms with Gasteiger partial charge >= 0.3 is 0 Å². The molecule has 0 aliphatic carbocycles. The van der Waals surface area contributed by atoms with Crippen molar-refractivity contribution in [3.05, 3.63) is 0 Å². The molecule has 1 aliphatic rings. The smallest absolute Gasteiger partial charge is 0.217 e. The average Bonchev–Trinajstić information content (AvgIpc) is 3.64. The van der Waals surface area contributed by atoms with Crippen molar-refractivity contribution in [1.29, 1.82) is 0 Å². The van der Waals surface area contributed by atoms with Crippen LogP contribution in [0.4, 0.5) is 0 Å². The van der Waals surface area contributed by atoms with Crippen molar-refractivity contribution in [2.45, 2.75) is 455 Å². The molecule has 0 saturated carbocycles. The highest BCUT2D eigenvalue weighted by Gasteiger charge is 2.69. The molecule has 1 unspecified atom stereocenters. The summed E-state index contributed by atoms with van der Waals surface area (Å²) in [6.07, 6.45) is 67.7. The van der Waals surface area contributed by atoms with Crippen LogP contribution < -0.4 is 5.32 Å². The Balaban J connectivity index is 3.15. The number of rotatable bonds is 62. The number of nitrogens with one attached hydrogen (secondary N) is 1. The fourth-order valence-electron chi connectivity index (χ4n) is 13.5. The van der Waals surface area contributed by atoms with Crippen molar-refractivity contribution in [2.24, 2.45) is 0 Å². The first-order chi connectivity index (χ1) is 38.6. The van der Waals surface area contributed by atoms with Crippen LogP contribution in [-0.2, 0) is 9.53 Å². The number of hydrogen-bond donors (Lipinski definition) is 5. The Morgan fingerprint density at radius 3 is 0.810 bits per heavy atom. The van der Waals surface area contributed by atoms with E-state index in [1.165, 1.54) is 270 Å². The zero-order chi connectivity index (χ0) is 57.7. The molecule has 6 atom stereocenters. The molecule has 0 aromatic rings. The molecule has 0 spiro atoms. The lowest BCUT2D eigenvalue weighted by molar-refractivity contribution is -0.386. The molecule has 1 saturated heterocycles. The van der Waals surface area contributed by atoms with Gasteiger partial charge in [0.05, 0.1) is 6.10 Å². The Hall–Kier alpha value is -0.730. The number of amides is 1. The number of ether oxygens (including phenoxy) is 1. The zero-order valence-corrected chi connectivity index (χ0v) is 54.3. The van der Waals surface area contributed by atoms with E-state index in [-0.39, 0.29) is 25.2 Å². The third-order valence-corrected chi connectivity index (χ3v) is 18.7. The topological polar surface area (TPSA) is 119 Å². The lowest BCUT2D eigenvalue weighted by Crippen LogP contribution is -2.82. The summed E-state index contributed by atoms with van der Waals surface area (Å²) in [5.41, 5.74) is -3.75. The molecule has 1 aliphatic heterocycles. The maximum atomic E-state index is 13.5. The van der Waals surface area contributed by atoms with Gasteiger partial charge in [0.15, 0.2) is 5.79 Å². The minimum absolute atomic E-state index is 0.230. The van der Waals surface area contributed by atoms with E-state index in [0.717, 1.165) is 77.0 Å². The van der Waals surface area contributed by atoms with E-state index >= 15 is 0 Å². The third-order valence-electron chi connectivity index (χ3n) is 18.7. The van der Waals surface area contributed by atoms with E-state index in [1.807, 2.05) is 0 Å². The Labute approximate surface area is 494 Å². The number of aliphatic hydroxyl groups is 4. The van der Waals surface area contributed by atoms with Crippen molar-refractivity contribution < 1.29 is 30.0 Å². The van der Waals surface area contributed by atoms with Gasteiger partial charge in [-0.05, 0) is 25.7 Å². The third kappa shape index (κ3) is 38.8. The number of unbranched alkanes of at least 4 members (excludes halogenated alkanes) is 52. The predicted molar refractivity (Wildman–Crippen MR) is 343 cm³/mol. The highest BCUT2D eigenvalue weighted by atomic mass is 16.7. The molecule has 1 fully saturated rings. The fraction of sp³-hybridized carbons (Fsp3) is 0.986. The second-order valence-corrected chi connectivity index (χ2v) is 26.4. The van der Waals surface area contributed by atoms with Crippen LogP contribution in [-0.4, -0.2) is 61.6 Å². The van der Waals surface area contributed by atoms with Crippen LogP contribution in [0.1, 0.15) is 420 Å². The first-order valence-corrected chi connectivity index (χ1v) is 36.4. The summed E-state index contributed by atoms with van der Waals surface area (Å²) in [7, 11) is 0. The molecule has 0 bridgehead atoms. The first kappa shape index (κ1) is 76.3. The molecule has 0 aromatic heterocycles. The van der Waals surface area contributed by atoms with Crippen LogP contribution in [0.2, 0.25) is 0 Å². The van der Waals surface area contributed by atoms with Gasteiger partial charge in [0.1, 0.15) is 23.3 Å². The summed E-state index contributed by atoms with van der Waals surface area (Å²) in [5.74, 6) is -2.29. The van der Waals surface area contributed by atoms with E-state index in [4.69, 9.17) is 4.74 Å². The molecule has 5 N–H and O–H groups in total. The minimum Gasteiger partial charge on any atom is -0.390 e. The van der Waals surface area contributed by atoms with E-state index in [1.54, 1.807) is 0 Å². The lowest BCUT2D eigenvalue weighted by Gasteiger charge is -2.61. The second kappa shape index (κ2) is 54.0. The van der Waals surface area contributed by atoms with Crippen molar-refractivity contribution in [2.75, 3.05) is 0 Å². The first-order valence-electron chi connectivity index (χ1n) is 36.4. The van der Waals surface area contributed by atoms with E-state index in [9.17, 15) is 25.2 Å². The Kier molecular flexibility index (Phi) is 52.1. The van der Waals surface area contributed by atoms with Gasteiger partial charge in [-0.25, -0.2) is 0 Å². The van der Waals surface area contributed by atoms with Gasteiger partial charge < -0.3 is 30.5 Å². The van der Waals surface area contributed by atoms with Crippen LogP contribution in [0, 0.1) is 0 Å². The Morgan fingerprint density at radius 2 is 0.557 bits per heavy atom. The Bertz CT molecular complexity index is 1280. The van der Waals surface area contributed by atoms with E-state index in [0.29, 0.717) is 25.7 Å². The van der Waals surface area contributed by atoms with Gasteiger partial charge in [0.2, 0.25) is 5.91 Å². The summed E-state index contributed by atoms with van der Waals surface area (Å²) >= 11 is 0. The van der Waals surface area contributed by atoms with Crippen LogP contribution in [0.3, 0.4) is 0 Å². The van der Waals surface area contributed by atoms with E-state index < -0.39 is 35.2 Å². The second-order valence-electron chi connectivity index (χ2n) is 26.4. The van der Waals surface area contributed by atoms with E-state index in [2.05, 4.69) is 33.0 Å². The molecule has 1 amide bonds. The fourth-order valence-corrected chi connectivity index (χ4v) is 13.5. The normalized spacial score (nSPS) is 20.8. The van der Waals surface area contributed by atoms with Gasteiger partial charge in [0, 0.05) is 13.3 Å². The molecule has 1 heterocycles. The number of aliphatic hydroxyl groups excluding tert-OH is 1. The largest absolute Gasteiger partial charge is 0.390 e. The van der Waals surface area contributed by atoms with Crippen molar-refractivity contribution in [3.8, 4) is 0 Å². The van der Waals surface area contributed by atoms with Crippen LogP contribution in [0.25, 0.3) is 0 Å². The number of carbonyl (C=O) groups is 1. The maximum absolute atomic E-state index is 13.5. The SMILES string of the molecule is CCCCCCCCCCCCCCCCC(O)[C@H]1O[C@](O)(CCCCCCCCCCCCCCCC)[C@H](NC(C)=O)[C@](O)(CCCCCCCCCCCCCCCC)[C@@]1(O)CCCCCCCCCCCCCCCC. The highest BCUT2D eigenvalue weighted by molar-refractivity contribution is 5.73. The highest BCUT2D eigenvalue weighted by Crippen LogP contribution is 2.50. The molecule has 0 radical (unpaired) electrons. The van der Waals surface area contributed by atoms with Gasteiger partial charge in [-0.2, -0.15) is 0 Å². The van der Waals surface area contributed by atoms with Gasteiger partial charge in [-0.15, -0.1) is 0 Å². The maximum Gasteiger partial charge on any atom is 0.217 e. The minimum atomic E-state index is -1.93. The molecule has 472 valence electrons. The Morgan fingerprint density at radius 1 is 0.342 bits per heavy atom. The van der Waals surface area contributed by atoms with Gasteiger partial charge in [0.25, 0.3) is 0 Å². The monoisotopic (exact) mass is 1120 g/mol. The van der Waals surface area contributed by atoms with Crippen LogP contribution >= 0.6 is 0 Å².